The van der Waals surface area contributed by atoms with Crippen molar-refractivity contribution >= 4 is 10.2 Å². The van der Waals surface area contributed by atoms with Gasteiger partial charge in [0.05, 0.1) is 19.8 Å². The molecule has 6 nitrogen and oxygen atoms in total. The zero-order valence-corrected chi connectivity index (χ0v) is 10.7. The van der Waals surface area contributed by atoms with Gasteiger partial charge in [0, 0.05) is 13.1 Å². The topological polar surface area (TPSA) is 67.9 Å². The Hall–Kier alpha value is -0.990. The Labute approximate surface area is 107 Å². The van der Waals surface area contributed by atoms with Crippen LogP contribution in [0.15, 0.2) is 30.3 Å². The van der Waals surface area contributed by atoms with Gasteiger partial charge < -0.3 is 4.74 Å². The first kappa shape index (κ1) is 13.4. The number of nitrogens with one attached hydrogen (secondary N) is 1. The van der Waals surface area contributed by atoms with Gasteiger partial charge in [-0.1, -0.05) is 35.2 Å². The smallest absolute Gasteiger partial charge is 0.301 e. The molecular formula is C11H16N2O4S. The molecule has 1 N–H and O–H groups in total. The van der Waals surface area contributed by atoms with Gasteiger partial charge in [-0.3, -0.25) is 4.84 Å². The quantitative estimate of drug-likeness (QED) is 0.782. The number of morpholine rings is 1. The van der Waals surface area contributed by atoms with Crippen LogP contribution in [-0.2, 0) is 26.4 Å². The maximum atomic E-state index is 11.8. The summed E-state index contributed by atoms with van der Waals surface area (Å²) in [6, 6.07) is 9.36. The molecule has 0 aliphatic carbocycles. The molecule has 0 bridgehead atoms. The highest BCUT2D eigenvalue weighted by atomic mass is 32.2. The van der Waals surface area contributed by atoms with E-state index in [9.17, 15) is 8.42 Å². The van der Waals surface area contributed by atoms with Gasteiger partial charge in [-0.15, -0.1) is 0 Å². The standard InChI is InChI=1S/C11H16N2O4S/c14-18(15,13-6-8-16-9-7-13)12-17-10-11-4-2-1-3-5-11/h1-5,12H,6-10H2. The van der Waals surface area contributed by atoms with E-state index < -0.39 is 10.2 Å². The third-order valence-corrected chi connectivity index (χ3v) is 3.93. The molecule has 1 aromatic rings. The fraction of sp³-hybridized carbons (Fsp3) is 0.455. The van der Waals surface area contributed by atoms with Gasteiger partial charge in [-0.25, -0.2) is 0 Å². The molecule has 100 valence electrons. The summed E-state index contributed by atoms with van der Waals surface area (Å²) < 4.78 is 30.0. The lowest BCUT2D eigenvalue weighted by Crippen LogP contribution is -2.46. The number of benzene rings is 1. The Morgan fingerprint density at radius 3 is 2.56 bits per heavy atom. The Balaban J connectivity index is 1.82. The molecule has 1 saturated heterocycles. The summed E-state index contributed by atoms with van der Waals surface area (Å²) in [4.78, 5) is 7.14. The maximum absolute atomic E-state index is 11.8. The van der Waals surface area contributed by atoms with E-state index in [1.807, 2.05) is 30.3 Å². The fourth-order valence-corrected chi connectivity index (χ4v) is 2.54. The lowest BCUT2D eigenvalue weighted by molar-refractivity contribution is 0.0532. The number of nitrogens with zero attached hydrogens (tertiary/aromatic N) is 1. The normalized spacial score (nSPS) is 17.8. The van der Waals surface area contributed by atoms with Crippen LogP contribution in [0.3, 0.4) is 0 Å². The molecule has 1 aliphatic heterocycles. The highest BCUT2D eigenvalue weighted by molar-refractivity contribution is 7.87. The predicted octanol–water partition coefficient (Wildman–Crippen LogP) is 0.285. The summed E-state index contributed by atoms with van der Waals surface area (Å²) in [6.45, 7) is 1.73. The van der Waals surface area contributed by atoms with Crippen LogP contribution in [0.1, 0.15) is 5.56 Å². The monoisotopic (exact) mass is 272 g/mol. The number of hydrogen-bond donors (Lipinski definition) is 1. The van der Waals surface area contributed by atoms with E-state index in [-0.39, 0.29) is 6.61 Å². The molecule has 1 aromatic carbocycles. The van der Waals surface area contributed by atoms with Crippen molar-refractivity contribution in [2.45, 2.75) is 6.61 Å². The second-order valence-electron chi connectivity index (χ2n) is 3.87. The van der Waals surface area contributed by atoms with Crippen molar-refractivity contribution in [3.63, 3.8) is 0 Å². The minimum absolute atomic E-state index is 0.199. The molecule has 18 heavy (non-hydrogen) atoms. The highest BCUT2D eigenvalue weighted by Gasteiger charge is 2.24. The second kappa shape index (κ2) is 6.26. The van der Waals surface area contributed by atoms with E-state index in [2.05, 4.69) is 4.89 Å². The zero-order chi connectivity index (χ0) is 12.8. The number of rotatable bonds is 5. The molecule has 1 aliphatic rings. The second-order valence-corrected chi connectivity index (χ2v) is 5.51. The maximum Gasteiger partial charge on any atom is 0.301 e. The van der Waals surface area contributed by atoms with Crippen molar-refractivity contribution in [3.8, 4) is 0 Å². The van der Waals surface area contributed by atoms with Gasteiger partial charge in [0.25, 0.3) is 0 Å². The molecule has 2 rings (SSSR count). The third kappa shape index (κ3) is 3.76. The van der Waals surface area contributed by atoms with E-state index in [1.165, 1.54) is 4.31 Å². The van der Waals surface area contributed by atoms with Crippen LogP contribution >= 0.6 is 0 Å². The Bertz CT molecular complexity index is 457. The van der Waals surface area contributed by atoms with Crippen molar-refractivity contribution in [3.05, 3.63) is 35.9 Å². The summed E-state index contributed by atoms with van der Waals surface area (Å²) in [5, 5.41) is 0. The lowest BCUT2D eigenvalue weighted by atomic mass is 10.2. The molecule has 0 saturated carbocycles. The van der Waals surface area contributed by atoms with E-state index in [0.717, 1.165) is 5.56 Å². The van der Waals surface area contributed by atoms with Gasteiger partial charge in [-0.2, -0.15) is 12.7 Å². The molecule has 7 heteroatoms. The Morgan fingerprint density at radius 2 is 1.89 bits per heavy atom. The first-order valence-corrected chi connectivity index (χ1v) is 7.13. The minimum Gasteiger partial charge on any atom is -0.379 e. The van der Waals surface area contributed by atoms with Crippen LogP contribution in [0.2, 0.25) is 0 Å². The molecule has 0 unspecified atom stereocenters. The molecule has 1 fully saturated rings. The van der Waals surface area contributed by atoms with Crippen LogP contribution in [0, 0.1) is 0 Å². The molecule has 0 amide bonds. The fourth-order valence-electron chi connectivity index (χ4n) is 1.60. The van der Waals surface area contributed by atoms with Gasteiger partial charge in [0.1, 0.15) is 0 Å². The van der Waals surface area contributed by atoms with Gasteiger partial charge in [-0.05, 0) is 5.56 Å². The summed E-state index contributed by atoms with van der Waals surface area (Å²) >= 11 is 0. The van der Waals surface area contributed by atoms with Crippen LogP contribution in [0.4, 0.5) is 0 Å². The molecular weight excluding hydrogens is 256 g/mol. The summed E-state index contributed by atoms with van der Waals surface area (Å²) in [7, 11) is -3.57. The van der Waals surface area contributed by atoms with Crippen molar-refractivity contribution in [1.29, 1.82) is 0 Å². The SMILES string of the molecule is O=S(=O)(NOCc1ccccc1)N1CCOCC1. The van der Waals surface area contributed by atoms with Gasteiger partial charge in [0.2, 0.25) is 0 Å². The van der Waals surface area contributed by atoms with E-state index >= 15 is 0 Å². The van der Waals surface area contributed by atoms with E-state index in [0.29, 0.717) is 26.3 Å². The van der Waals surface area contributed by atoms with Crippen LogP contribution in [-0.4, -0.2) is 39.0 Å². The lowest BCUT2D eigenvalue weighted by Gasteiger charge is -2.25. The van der Waals surface area contributed by atoms with Gasteiger partial charge in [0.15, 0.2) is 0 Å². The first-order valence-electron chi connectivity index (χ1n) is 5.69. The minimum atomic E-state index is -3.57. The molecule has 0 aromatic heterocycles. The largest absolute Gasteiger partial charge is 0.379 e. The summed E-state index contributed by atoms with van der Waals surface area (Å²) in [6.07, 6.45) is 0. The van der Waals surface area contributed by atoms with Crippen LogP contribution in [0.25, 0.3) is 0 Å². The molecule has 1 heterocycles. The zero-order valence-electron chi connectivity index (χ0n) is 9.91. The first-order chi connectivity index (χ1) is 8.68. The van der Waals surface area contributed by atoms with Crippen molar-refractivity contribution < 1.29 is 18.0 Å². The van der Waals surface area contributed by atoms with Crippen LogP contribution in [0.5, 0.6) is 0 Å². The van der Waals surface area contributed by atoms with Crippen molar-refractivity contribution in [1.82, 2.24) is 9.19 Å². The molecule has 0 radical (unpaired) electrons. The highest BCUT2D eigenvalue weighted by Crippen LogP contribution is 2.04. The Morgan fingerprint density at radius 1 is 1.22 bits per heavy atom. The van der Waals surface area contributed by atoms with Crippen molar-refractivity contribution in [2.24, 2.45) is 0 Å². The van der Waals surface area contributed by atoms with E-state index in [4.69, 9.17) is 9.57 Å². The Kier molecular flexibility index (Phi) is 4.67. The average Bonchev–Trinajstić information content (AvgIpc) is 2.41. The van der Waals surface area contributed by atoms with Crippen LogP contribution < -0.4 is 4.89 Å². The summed E-state index contributed by atoms with van der Waals surface area (Å²) in [5.74, 6) is 0. The molecule has 0 spiro atoms. The average molecular weight is 272 g/mol. The number of hydrogen-bond acceptors (Lipinski definition) is 4. The molecule has 0 atom stereocenters. The predicted molar refractivity (Wildman–Crippen MR) is 65.7 cm³/mol. The summed E-state index contributed by atoms with van der Waals surface area (Å²) in [5.41, 5.74) is 0.905. The van der Waals surface area contributed by atoms with Crippen molar-refractivity contribution in [2.75, 3.05) is 26.3 Å². The van der Waals surface area contributed by atoms with Gasteiger partial charge >= 0.3 is 10.2 Å². The van der Waals surface area contributed by atoms with E-state index in [1.54, 1.807) is 0 Å². The number of ether oxygens (including phenoxy) is 1. The third-order valence-electron chi connectivity index (χ3n) is 2.56.